The second kappa shape index (κ2) is 6.00. The monoisotopic (exact) mass is 299 g/mol. The van der Waals surface area contributed by atoms with Crippen LogP contribution < -0.4 is 5.32 Å². The predicted molar refractivity (Wildman–Crippen MR) is 89.9 cm³/mol. The number of fused-ring (bicyclic) bond motifs is 1. The van der Waals surface area contributed by atoms with Crippen molar-refractivity contribution in [1.29, 1.82) is 0 Å². The van der Waals surface area contributed by atoms with Crippen molar-refractivity contribution in [2.45, 2.75) is 25.8 Å². The minimum Gasteiger partial charge on any atom is -0.311 e. The summed E-state index contributed by atoms with van der Waals surface area (Å²) in [5, 5.41) is 9.42. The number of nitrogens with zero attached hydrogens (tertiary/aromatic N) is 2. The molecule has 0 aliphatic rings. The third-order valence-corrected chi connectivity index (χ3v) is 5.19. The van der Waals surface area contributed by atoms with E-state index in [4.69, 9.17) is 5.10 Å². The van der Waals surface area contributed by atoms with E-state index < -0.39 is 0 Å². The van der Waals surface area contributed by atoms with Crippen LogP contribution >= 0.6 is 11.3 Å². The van der Waals surface area contributed by atoms with Crippen molar-refractivity contribution in [1.82, 2.24) is 15.1 Å². The Bertz CT molecular complexity index is 741. The molecule has 0 bridgehead atoms. The quantitative estimate of drug-likeness (QED) is 0.778. The van der Waals surface area contributed by atoms with Crippen molar-refractivity contribution >= 4 is 22.2 Å². The van der Waals surface area contributed by atoms with Gasteiger partial charge < -0.3 is 5.32 Å². The van der Waals surface area contributed by atoms with E-state index in [0.717, 1.165) is 18.5 Å². The zero-order valence-electron chi connectivity index (χ0n) is 12.8. The highest BCUT2D eigenvalue weighted by atomic mass is 32.1. The number of aromatic nitrogens is 2. The molecule has 3 nitrogen and oxygen atoms in total. The van der Waals surface area contributed by atoms with Crippen molar-refractivity contribution in [2.75, 3.05) is 7.05 Å². The number of hydrogen-bond acceptors (Lipinski definition) is 3. The van der Waals surface area contributed by atoms with Crippen LogP contribution in [-0.4, -0.2) is 16.8 Å². The normalized spacial score (nSPS) is 12.9. The molecule has 1 unspecified atom stereocenters. The Kier molecular flexibility index (Phi) is 4.08. The van der Waals surface area contributed by atoms with Gasteiger partial charge in [-0.05, 0) is 31.7 Å². The second-order valence-corrected chi connectivity index (χ2v) is 6.55. The van der Waals surface area contributed by atoms with E-state index in [9.17, 15) is 0 Å². The summed E-state index contributed by atoms with van der Waals surface area (Å²) in [6.45, 7) is 2.21. The van der Waals surface area contributed by atoms with E-state index in [1.165, 1.54) is 20.7 Å². The molecule has 2 heterocycles. The maximum absolute atomic E-state index is 4.74. The minimum atomic E-state index is 0.249. The van der Waals surface area contributed by atoms with Gasteiger partial charge in [-0.3, -0.25) is 4.68 Å². The maximum Gasteiger partial charge on any atom is 0.0876 e. The van der Waals surface area contributed by atoms with Crippen LogP contribution in [0.25, 0.3) is 10.9 Å². The number of hydrogen-bond donors (Lipinski definition) is 1. The molecule has 3 aromatic rings. The Morgan fingerprint density at radius 1 is 1.19 bits per heavy atom. The first-order valence-electron chi connectivity index (χ1n) is 7.39. The average Bonchev–Trinajstić information content (AvgIpc) is 3.10. The number of para-hydroxylation sites is 1. The van der Waals surface area contributed by atoms with E-state index >= 15 is 0 Å². The molecular formula is C17H21N3S. The van der Waals surface area contributed by atoms with E-state index in [-0.39, 0.29) is 6.04 Å². The summed E-state index contributed by atoms with van der Waals surface area (Å²) in [5.41, 5.74) is 2.33. The fourth-order valence-electron chi connectivity index (χ4n) is 2.76. The molecule has 0 fully saturated rings. The Hall–Kier alpha value is -1.65. The number of thiophene rings is 1. The van der Waals surface area contributed by atoms with Crippen molar-refractivity contribution in [3.63, 3.8) is 0 Å². The molecule has 0 amide bonds. The lowest BCUT2D eigenvalue weighted by Gasteiger charge is -2.13. The summed E-state index contributed by atoms with van der Waals surface area (Å²) < 4.78 is 1.97. The lowest BCUT2D eigenvalue weighted by molar-refractivity contribution is 0.570. The molecule has 1 aromatic carbocycles. The van der Waals surface area contributed by atoms with Gasteiger partial charge in [0.1, 0.15) is 0 Å². The van der Waals surface area contributed by atoms with Gasteiger partial charge >= 0.3 is 0 Å². The fourth-order valence-corrected chi connectivity index (χ4v) is 3.76. The van der Waals surface area contributed by atoms with Crippen LogP contribution in [0.15, 0.2) is 36.4 Å². The predicted octanol–water partition coefficient (Wildman–Crippen LogP) is 3.70. The van der Waals surface area contributed by atoms with Gasteiger partial charge in [0.15, 0.2) is 0 Å². The molecule has 0 aliphatic carbocycles. The van der Waals surface area contributed by atoms with Gasteiger partial charge in [-0.1, -0.05) is 25.1 Å². The molecule has 2 aromatic heterocycles. The zero-order chi connectivity index (χ0) is 14.8. The molecule has 0 spiro atoms. The molecule has 1 N–H and O–H groups in total. The Morgan fingerprint density at radius 2 is 1.95 bits per heavy atom. The molecule has 0 saturated heterocycles. The highest BCUT2D eigenvalue weighted by molar-refractivity contribution is 7.11. The first kappa shape index (κ1) is 14.3. The van der Waals surface area contributed by atoms with Gasteiger partial charge in [-0.15, -0.1) is 11.3 Å². The van der Waals surface area contributed by atoms with Gasteiger partial charge in [0.05, 0.1) is 17.3 Å². The van der Waals surface area contributed by atoms with Crippen LogP contribution in [0.5, 0.6) is 0 Å². The van der Waals surface area contributed by atoms with Crippen LogP contribution in [0.1, 0.15) is 28.4 Å². The van der Waals surface area contributed by atoms with Crippen molar-refractivity contribution < 1.29 is 0 Å². The lowest BCUT2D eigenvalue weighted by Crippen LogP contribution is -2.19. The molecular weight excluding hydrogens is 278 g/mol. The number of rotatable bonds is 5. The highest BCUT2D eigenvalue weighted by Crippen LogP contribution is 2.28. The average molecular weight is 299 g/mol. The molecule has 4 heteroatoms. The Labute approximate surface area is 129 Å². The Morgan fingerprint density at radius 3 is 2.67 bits per heavy atom. The summed E-state index contributed by atoms with van der Waals surface area (Å²) in [7, 11) is 4.03. The first-order valence-corrected chi connectivity index (χ1v) is 8.21. The summed E-state index contributed by atoms with van der Waals surface area (Å²) in [5.74, 6) is 0. The van der Waals surface area contributed by atoms with Gasteiger partial charge in [-0.25, -0.2) is 0 Å². The second-order valence-electron chi connectivity index (χ2n) is 5.29. The zero-order valence-corrected chi connectivity index (χ0v) is 13.6. The summed E-state index contributed by atoms with van der Waals surface area (Å²) in [6.07, 6.45) is 2.10. The van der Waals surface area contributed by atoms with Crippen LogP contribution in [0, 0.1) is 0 Å². The first-order chi connectivity index (χ1) is 10.2. The van der Waals surface area contributed by atoms with E-state index in [1.807, 2.05) is 30.1 Å². The maximum atomic E-state index is 4.74. The molecule has 110 valence electrons. The van der Waals surface area contributed by atoms with Crippen LogP contribution in [-0.2, 0) is 19.9 Å². The van der Waals surface area contributed by atoms with Crippen molar-refractivity contribution in [3.05, 3.63) is 51.8 Å². The summed E-state index contributed by atoms with van der Waals surface area (Å²) in [4.78, 5) is 2.87. The van der Waals surface area contributed by atoms with E-state index in [2.05, 4.69) is 48.6 Å². The molecule has 1 atom stereocenters. The lowest BCUT2D eigenvalue weighted by atomic mass is 10.1. The SMILES string of the molecule is CCc1ccc(CC(NC)c2nn(C)c3ccccc23)s1. The van der Waals surface area contributed by atoms with Gasteiger partial charge in [0.25, 0.3) is 0 Å². The molecule has 21 heavy (non-hydrogen) atoms. The van der Waals surface area contributed by atoms with Crippen LogP contribution in [0.4, 0.5) is 0 Å². The highest BCUT2D eigenvalue weighted by Gasteiger charge is 2.18. The number of nitrogens with one attached hydrogen (secondary N) is 1. The number of aryl methyl sites for hydroxylation is 2. The fraction of sp³-hybridized carbons (Fsp3) is 0.353. The minimum absolute atomic E-state index is 0.249. The molecule has 3 rings (SSSR count). The van der Waals surface area contributed by atoms with E-state index in [0.29, 0.717) is 0 Å². The third-order valence-electron chi connectivity index (χ3n) is 3.94. The molecule has 0 saturated carbocycles. The Balaban J connectivity index is 1.94. The summed E-state index contributed by atoms with van der Waals surface area (Å²) in [6, 6.07) is 13.2. The number of likely N-dealkylation sites (N-methyl/N-ethyl adjacent to an activating group) is 1. The molecule has 0 aliphatic heterocycles. The van der Waals surface area contributed by atoms with Crippen molar-refractivity contribution in [3.8, 4) is 0 Å². The standard InChI is InChI=1S/C17H21N3S/c1-4-12-9-10-13(21-12)11-15(18-2)17-14-7-5-6-8-16(14)20(3)19-17/h5-10,15,18H,4,11H2,1-3H3. The van der Waals surface area contributed by atoms with Gasteiger partial charge in [-0.2, -0.15) is 5.10 Å². The van der Waals surface area contributed by atoms with E-state index in [1.54, 1.807) is 0 Å². The van der Waals surface area contributed by atoms with Gasteiger partial charge in [0.2, 0.25) is 0 Å². The topological polar surface area (TPSA) is 29.9 Å². The number of benzene rings is 1. The largest absolute Gasteiger partial charge is 0.311 e. The van der Waals surface area contributed by atoms with Crippen molar-refractivity contribution in [2.24, 2.45) is 7.05 Å². The van der Waals surface area contributed by atoms with Crippen LogP contribution in [0.2, 0.25) is 0 Å². The summed E-state index contributed by atoms with van der Waals surface area (Å²) >= 11 is 1.91. The van der Waals surface area contributed by atoms with Crippen LogP contribution in [0.3, 0.4) is 0 Å². The molecule has 0 radical (unpaired) electrons. The van der Waals surface area contributed by atoms with Gasteiger partial charge in [0, 0.05) is 28.6 Å². The smallest absolute Gasteiger partial charge is 0.0876 e. The third kappa shape index (κ3) is 2.74.